The van der Waals surface area contributed by atoms with Gasteiger partial charge in [0.1, 0.15) is 5.82 Å². The number of pyridine rings is 1. The summed E-state index contributed by atoms with van der Waals surface area (Å²) >= 11 is 0. The summed E-state index contributed by atoms with van der Waals surface area (Å²) in [6, 6.07) is 14.3. The van der Waals surface area contributed by atoms with Gasteiger partial charge < -0.3 is 15.0 Å². The number of anilines is 2. The Hall–Kier alpha value is -2.56. The molecule has 1 fully saturated rings. The first kappa shape index (κ1) is 16.9. The van der Waals surface area contributed by atoms with E-state index in [1.54, 1.807) is 14.0 Å². The van der Waals surface area contributed by atoms with E-state index < -0.39 is 0 Å². The summed E-state index contributed by atoms with van der Waals surface area (Å²) in [6.45, 7) is 3.92. The Morgan fingerprint density at radius 2 is 1.96 bits per heavy atom. The molecule has 1 aromatic heterocycles. The second-order valence-electron chi connectivity index (χ2n) is 7.32. The molecule has 1 saturated carbocycles. The third-order valence-corrected chi connectivity index (χ3v) is 5.57. The molecular weight excluding hydrogens is 326 g/mol. The molecule has 3 atom stereocenters. The van der Waals surface area contributed by atoms with Gasteiger partial charge in [0.05, 0.1) is 13.2 Å². The monoisotopic (exact) mass is 351 g/mol. The van der Waals surface area contributed by atoms with Crippen LogP contribution in [0.25, 0.3) is 0 Å². The maximum absolute atomic E-state index is 12.5. The normalized spacial score (nSPS) is 24.7. The van der Waals surface area contributed by atoms with Crippen molar-refractivity contribution in [2.24, 2.45) is 11.8 Å². The van der Waals surface area contributed by atoms with E-state index in [0.29, 0.717) is 11.8 Å². The summed E-state index contributed by atoms with van der Waals surface area (Å²) in [4.78, 5) is 19.0. The average molecular weight is 351 g/mol. The molecule has 1 amide bonds. The minimum atomic E-state index is 0.104. The van der Waals surface area contributed by atoms with Gasteiger partial charge in [-0.2, -0.15) is 4.98 Å². The maximum Gasteiger partial charge on any atom is 0.224 e. The second kappa shape index (κ2) is 6.63. The maximum atomic E-state index is 12.5. The summed E-state index contributed by atoms with van der Waals surface area (Å²) in [5.74, 6) is 2.39. The molecule has 1 N–H and O–H groups in total. The van der Waals surface area contributed by atoms with Crippen molar-refractivity contribution in [3.63, 3.8) is 0 Å². The lowest BCUT2D eigenvalue weighted by Crippen LogP contribution is -2.51. The first-order valence-corrected chi connectivity index (χ1v) is 9.26. The number of benzene rings is 1. The SMILES string of the molecule is COc1cccc(N[C@H]2c3ccccc3N(C(C)=O)[C@@H](C3CC3)[C@@H]2C)n1. The fraction of sp³-hybridized carbons (Fsp3) is 0.429. The van der Waals surface area contributed by atoms with Crippen LogP contribution in [-0.2, 0) is 4.79 Å². The van der Waals surface area contributed by atoms with Gasteiger partial charge in [-0.05, 0) is 36.5 Å². The van der Waals surface area contributed by atoms with Crippen LogP contribution in [0, 0.1) is 11.8 Å². The lowest BCUT2D eigenvalue weighted by molar-refractivity contribution is -0.117. The van der Waals surface area contributed by atoms with E-state index in [-0.39, 0.29) is 23.9 Å². The molecule has 2 aliphatic rings. The highest BCUT2D eigenvalue weighted by atomic mass is 16.5. The topological polar surface area (TPSA) is 54.5 Å². The van der Waals surface area contributed by atoms with Gasteiger partial charge in [-0.3, -0.25) is 4.79 Å². The number of rotatable bonds is 4. The highest BCUT2D eigenvalue weighted by Crippen LogP contribution is 2.49. The molecule has 5 nitrogen and oxygen atoms in total. The van der Waals surface area contributed by atoms with Crippen molar-refractivity contribution in [2.45, 2.75) is 38.8 Å². The van der Waals surface area contributed by atoms with Gasteiger partial charge in [0.2, 0.25) is 11.8 Å². The zero-order valence-electron chi connectivity index (χ0n) is 15.5. The molecule has 5 heteroatoms. The van der Waals surface area contributed by atoms with E-state index in [1.807, 2.05) is 35.2 Å². The van der Waals surface area contributed by atoms with Crippen molar-refractivity contribution in [1.82, 2.24) is 4.98 Å². The Morgan fingerprint density at radius 3 is 2.65 bits per heavy atom. The summed E-state index contributed by atoms with van der Waals surface area (Å²) < 4.78 is 5.25. The third-order valence-electron chi connectivity index (χ3n) is 5.57. The molecule has 1 aliphatic heterocycles. The highest BCUT2D eigenvalue weighted by molar-refractivity contribution is 5.94. The molecule has 2 aromatic rings. The van der Waals surface area contributed by atoms with Crippen molar-refractivity contribution in [3.05, 3.63) is 48.0 Å². The fourth-order valence-corrected chi connectivity index (χ4v) is 4.28. The molecule has 1 aromatic carbocycles. The molecule has 0 spiro atoms. The van der Waals surface area contributed by atoms with Crippen molar-refractivity contribution >= 4 is 17.4 Å². The van der Waals surface area contributed by atoms with E-state index in [2.05, 4.69) is 29.4 Å². The minimum Gasteiger partial charge on any atom is -0.481 e. The number of para-hydroxylation sites is 1. The Balaban J connectivity index is 1.75. The zero-order chi connectivity index (χ0) is 18.3. The van der Waals surface area contributed by atoms with E-state index in [9.17, 15) is 4.79 Å². The van der Waals surface area contributed by atoms with Gasteiger partial charge in [-0.25, -0.2) is 0 Å². The Kier molecular flexibility index (Phi) is 4.31. The van der Waals surface area contributed by atoms with E-state index in [4.69, 9.17) is 4.74 Å². The minimum absolute atomic E-state index is 0.104. The lowest BCUT2D eigenvalue weighted by atomic mass is 9.80. The number of nitrogens with one attached hydrogen (secondary N) is 1. The third kappa shape index (κ3) is 2.91. The molecule has 136 valence electrons. The molecule has 0 saturated heterocycles. The van der Waals surface area contributed by atoms with Crippen LogP contribution < -0.4 is 15.0 Å². The van der Waals surface area contributed by atoms with Crippen LogP contribution in [0.1, 0.15) is 38.3 Å². The molecule has 4 rings (SSSR count). The number of nitrogens with zero attached hydrogens (tertiary/aromatic N) is 2. The van der Waals surface area contributed by atoms with Gasteiger partial charge in [0.15, 0.2) is 0 Å². The van der Waals surface area contributed by atoms with Crippen LogP contribution in [0.2, 0.25) is 0 Å². The van der Waals surface area contributed by atoms with Gasteiger partial charge in [0.25, 0.3) is 0 Å². The number of carbonyl (C=O) groups is 1. The van der Waals surface area contributed by atoms with Crippen LogP contribution in [0.3, 0.4) is 0 Å². The predicted molar refractivity (Wildman–Crippen MR) is 102 cm³/mol. The summed E-state index contributed by atoms with van der Waals surface area (Å²) in [5.41, 5.74) is 2.17. The van der Waals surface area contributed by atoms with Crippen LogP contribution in [0.4, 0.5) is 11.5 Å². The molecular formula is C21H25N3O2. The van der Waals surface area contributed by atoms with E-state index in [0.717, 1.165) is 17.1 Å². The Morgan fingerprint density at radius 1 is 1.19 bits per heavy atom. The zero-order valence-corrected chi connectivity index (χ0v) is 15.5. The summed E-state index contributed by atoms with van der Waals surface area (Å²) in [7, 11) is 1.62. The summed E-state index contributed by atoms with van der Waals surface area (Å²) in [5, 5.41) is 3.60. The van der Waals surface area contributed by atoms with Gasteiger partial charge in [-0.1, -0.05) is 31.2 Å². The van der Waals surface area contributed by atoms with Gasteiger partial charge >= 0.3 is 0 Å². The largest absolute Gasteiger partial charge is 0.481 e. The second-order valence-corrected chi connectivity index (χ2v) is 7.32. The first-order valence-electron chi connectivity index (χ1n) is 9.26. The number of carbonyl (C=O) groups excluding carboxylic acids is 1. The average Bonchev–Trinajstić information content (AvgIpc) is 3.48. The summed E-state index contributed by atoms with van der Waals surface area (Å²) in [6.07, 6.45) is 2.40. The molecule has 0 unspecified atom stereocenters. The van der Waals surface area contributed by atoms with Crippen molar-refractivity contribution in [1.29, 1.82) is 0 Å². The molecule has 2 heterocycles. The first-order chi connectivity index (χ1) is 12.6. The van der Waals surface area contributed by atoms with Crippen LogP contribution in [-0.4, -0.2) is 24.0 Å². The molecule has 0 bridgehead atoms. The van der Waals surface area contributed by atoms with Crippen LogP contribution >= 0.6 is 0 Å². The molecule has 1 aliphatic carbocycles. The lowest BCUT2D eigenvalue weighted by Gasteiger charge is -2.45. The quantitative estimate of drug-likeness (QED) is 0.904. The number of aromatic nitrogens is 1. The number of ether oxygens (including phenoxy) is 1. The van der Waals surface area contributed by atoms with Gasteiger partial charge in [0, 0.05) is 30.6 Å². The number of hydrogen-bond donors (Lipinski definition) is 1. The van der Waals surface area contributed by atoms with E-state index in [1.165, 1.54) is 12.8 Å². The Labute approximate surface area is 154 Å². The number of amides is 1. The fourth-order valence-electron chi connectivity index (χ4n) is 4.28. The molecule has 0 radical (unpaired) electrons. The van der Waals surface area contributed by atoms with Crippen LogP contribution in [0.15, 0.2) is 42.5 Å². The Bertz CT molecular complexity index is 818. The molecule has 26 heavy (non-hydrogen) atoms. The van der Waals surface area contributed by atoms with Gasteiger partial charge in [-0.15, -0.1) is 0 Å². The predicted octanol–water partition coefficient (Wildman–Crippen LogP) is 4.02. The van der Waals surface area contributed by atoms with Crippen LogP contribution in [0.5, 0.6) is 5.88 Å². The van der Waals surface area contributed by atoms with Crippen molar-refractivity contribution in [3.8, 4) is 5.88 Å². The van der Waals surface area contributed by atoms with E-state index >= 15 is 0 Å². The number of hydrogen-bond acceptors (Lipinski definition) is 4. The van der Waals surface area contributed by atoms with Crippen molar-refractivity contribution < 1.29 is 9.53 Å². The standard InChI is InChI=1S/C21H25N3O2/c1-13-20(23-18-9-6-10-19(22-18)26-3)16-7-4-5-8-17(16)24(14(2)25)21(13)15-11-12-15/h4-10,13,15,20-21H,11-12H2,1-3H3,(H,22,23)/t13-,20-,21-/m1/s1. The number of fused-ring (bicyclic) bond motifs is 1. The smallest absolute Gasteiger partial charge is 0.224 e. The number of methoxy groups -OCH3 is 1. The highest BCUT2D eigenvalue weighted by Gasteiger charge is 2.47. The van der Waals surface area contributed by atoms with Crippen molar-refractivity contribution in [2.75, 3.05) is 17.3 Å².